The molecule has 0 bridgehead atoms. The zero-order chi connectivity index (χ0) is 11.9. The summed E-state index contributed by atoms with van der Waals surface area (Å²) < 4.78 is 1.77. The molecule has 16 heavy (non-hydrogen) atoms. The maximum absolute atomic E-state index is 12.3. The molecule has 2 aromatic rings. The standard InChI is InChI=1S/C14H17NO/c1-10-6-5-7-11-8-9-15(12(10)11)13(16)14(2,3)4/h5-9H,1-4H3. The van der Waals surface area contributed by atoms with Gasteiger partial charge in [-0.25, -0.2) is 0 Å². The molecule has 0 aliphatic heterocycles. The summed E-state index contributed by atoms with van der Waals surface area (Å²) in [6.45, 7) is 7.87. The van der Waals surface area contributed by atoms with Crippen molar-refractivity contribution in [2.24, 2.45) is 5.41 Å². The van der Waals surface area contributed by atoms with Crippen LogP contribution in [0.3, 0.4) is 0 Å². The number of para-hydroxylation sites is 1. The van der Waals surface area contributed by atoms with Crippen molar-refractivity contribution in [3.63, 3.8) is 0 Å². The average Bonchev–Trinajstić information content (AvgIpc) is 2.60. The first-order chi connectivity index (χ1) is 7.41. The van der Waals surface area contributed by atoms with Gasteiger partial charge in [-0.05, 0) is 18.6 Å². The molecule has 0 saturated heterocycles. The van der Waals surface area contributed by atoms with E-state index in [9.17, 15) is 4.79 Å². The predicted molar refractivity (Wildman–Crippen MR) is 66.8 cm³/mol. The Hall–Kier alpha value is -1.57. The molecule has 0 saturated carbocycles. The molecule has 0 aliphatic carbocycles. The van der Waals surface area contributed by atoms with E-state index in [-0.39, 0.29) is 11.3 Å². The lowest BCUT2D eigenvalue weighted by atomic mass is 9.95. The minimum atomic E-state index is -0.353. The Morgan fingerprint density at radius 3 is 2.50 bits per heavy atom. The van der Waals surface area contributed by atoms with Gasteiger partial charge in [-0.15, -0.1) is 0 Å². The van der Waals surface area contributed by atoms with Gasteiger partial charge < -0.3 is 0 Å². The zero-order valence-electron chi connectivity index (χ0n) is 10.2. The molecule has 2 nitrogen and oxygen atoms in total. The second kappa shape index (κ2) is 3.48. The molecule has 84 valence electrons. The average molecular weight is 215 g/mol. The van der Waals surface area contributed by atoms with Crippen LogP contribution in [-0.2, 0) is 0 Å². The number of benzene rings is 1. The molecular formula is C14H17NO. The lowest BCUT2D eigenvalue weighted by Crippen LogP contribution is -2.26. The van der Waals surface area contributed by atoms with E-state index in [4.69, 9.17) is 0 Å². The second-order valence-electron chi connectivity index (χ2n) is 5.25. The second-order valence-corrected chi connectivity index (χ2v) is 5.25. The van der Waals surface area contributed by atoms with E-state index >= 15 is 0 Å². The fourth-order valence-electron chi connectivity index (χ4n) is 1.91. The highest BCUT2D eigenvalue weighted by Crippen LogP contribution is 2.24. The van der Waals surface area contributed by atoms with E-state index in [2.05, 4.69) is 0 Å². The fraction of sp³-hybridized carbons (Fsp3) is 0.357. The van der Waals surface area contributed by atoms with Crippen molar-refractivity contribution in [3.8, 4) is 0 Å². The van der Waals surface area contributed by atoms with Crippen LogP contribution in [0.2, 0.25) is 0 Å². The van der Waals surface area contributed by atoms with Crippen LogP contribution in [0.1, 0.15) is 31.1 Å². The highest BCUT2D eigenvalue weighted by Gasteiger charge is 2.24. The summed E-state index contributed by atoms with van der Waals surface area (Å²) >= 11 is 0. The van der Waals surface area contributed by atoms with Crippen LogP contribution in [0.4, 0.5) is 0 Å². The Morgan fingerprint density at radius 2 is 1.88 bits per heavy atom. The van der Waals surface area contributed by atoms with E-state index in [1.165, 1.54) is 0 Å². The first-order valence-electron chi connectivity index (χ1n) is 5.53. The molecule has 2 heteroatoms. The van der Waals surface area contributed by atoms with Crippen LogP contribution in [0, 0.1) is 12.3 Å². The quantitative estimate of drug-likeness (QED) is 0.657. The van der Waals surface area contributed by atoms with Gasteiger partial charge in [0.25, 0.3) is 0 Å². The molecule has 0 N–H and O–H groups in total. The minimum Gasteiger partial charge on any atom is -0.287 e. The summed E-state index contributed by atoms with van der Waals surface area (Å²) in [7, 11) is 0. The van der Waals surface area contributed by atoms with Gasteiger partial charge in [-0.3, -0.25) is 9.36 Å². The zero-order valence-corrected chi connectivity index (χ0v) is 10.2. The van der Waals surface area contributed by atoms with Gasteiger partial charge in [0.2, 0.25) is 5.91 Å². The molecule has 1 aromatic carbocycles. The number of nitrogens with zero attached hydrogens (tertiary/aromatic N) is 1. The smallest absolute Gasteiger partial charge is 0.236 e. The highest BCUT2D eigenvalue weighted by molar-refractivity contribution is 5.96. The van der Waals surface area contributed by atoms with Gasteiger partial charge in [-0.2, -0.15) is 0 Å². The molecule has 0 amide bonds. The minimum absolute atomic E-state index is 0.136. The summed E-state index contributed by atoms with van der Waals surface area (Å²) in [5, 5.41) is 1.12. The number of aromatic nitrogens is 1. The molecule has 0 aliphatic rings. The largest absolute Gasteiger partial charge is 0.287 e. The number of carbonyl (C=O) groups is 1. The van der Waals surface area contributed by atoms with Crippen molar-refractivity contribution in [2.75, 3.05) is 0 Å². The molecule has 2 rings (SSSR count). The molecule has 0 fully saturated rings. The number of hydrogen-bond acceptors (Lipinski definition) is 1. The van der Waals surface area contributed by atoms with Gasteiger partial charge in [0.15, 0.2) is 0 Å². The van der Waals surface area contributed by atoms with Crippen LogP contribution >= 0.6 is 0 Å². The summed E-state index contributed by atoms with van der Waals surface area (Å²) in [5.41, 5.74) is 1.82. The van der Waals surface area contributed by atoms with Crippen LogP contribution < -0.4 is 0 Å². The number of aryl methyl sites for hydroxylation is 1. The monoisotopic (exact) mass is 215 g/mol. The number of rotatable bonds is 0. The first-order valence-corrected chi connectivity index (χ1v) is 5.53. The van der Waals surface area contributed by atoms with Crippen LogP contribution in [-0.4, -0.2) is 10.5 Å². The number of carbonyl (C=O) groups excluding carboxylic acids is 1. The van der Waals surface area contributed by atoms with Crippen molar-refractivity contribution >= 4 is 16.8 Å². The Balaban J connectivity index is 2.67. The van der Waals surface area contributed by atoms with Gasteiger partial charge in [0.1, 0.15) is 0 Å². The van der Waals surface area contributed by atoms with E-state index in [1.807, 2.05) is 58.2 Å². The highest BCUT2D eigenvalue weighted by atomic mass is 16.2. The Labute approximate surface area is 95.9 Å². The van der Waals surface area contributed by atoms with E-state index < -0.39 is 0 Å². The van der Waals surface area contributed by atoms with Crippen LogP contribution in [0.5, 0.6) is 0 Å². The summed E-state index contributed by atoms with van der Waals surface area (Å²) in [4.78, 5) is 12.3. The molecule has 0 spiro atoms. The van der Waals surface area contributed by atoms with Crippen molar-refractivity contribution in [1.82, 2.24) is 4.57 Å². The Morgan fingerprint density at radius 1 is 1.19 bits per heavy atom. The van der Waals surface area contributed by atoms with Crippen molar-refractivity contribution < 1.29 is 4.79 Å². The van der Waals surface area contributed by atoms with Gasteiger partial charge in [0, 0.05) is 17.0 Å². The van der Waals surface area contributed by atoms with Gasteiger partial charge >= 0.3 is 0 Å². The normalized spacial score (nSPS) is 12.0. The first kappa shape index (κ1) is 10.9. The SMILES string of the molecule is Cc1cccc2ccn(C(=O)C(C)(C)C)c12. The topological polar surface area (TPSA) is 22.0 Å². The molecule has 1 aromatic heterocycles. The molecule has 1 heterocycles. The Kier molecular flexibility index (Phi) is 2.38. The summed E-state index contributed by atoms with van der Waals surface area (Å²) in [6.07, 6.45) is 1.87. The third-order valence-corrected chi connectivity index (χ3v) is 2.77. The van der Waals surface area contributed by atoms with E-state index in [1.54, 1.807) is 4.57 Å². The summed E-state index contributed by atoms with van der Waals surface area (Å²) in [6, 6.07) is 8.08. The molecular weight excluding hydrogens is 198 g/mol. The molecule has 0 unspecified atom stereocenters. The maximum Gasteiger partial charge on any atom is 0.236 e. The Bertz CT molecular complexity index is 543. The maximum atomic E-state index is 12.3. The third kappa shape index (κ3) is 1.64. The van der Waals surface area contributed by atoms with Crippen molar-refractivity contribution in [3.05, 3.63) is 36.0 Å². The van der Waals surface area contributed by atoms with Gasteiger partial charge in [-0.1, -0.05) is 39.0 Å². The lowest BCUT2D eigenvalue weighted by molar-refractivity contribution is 0.0772. The third-order valence-electron chi connectivity index (χ3n) is 2.77. The number of fused-ring (bicyclic) bond motifs is 1. The van der Waals surface area contributed by atoms with Crippen LogP contribution in [0.25, 0.3) is 10.9 Å². The lowest BCUT2D eigenvalue weighted by Gasteiger charge is -2.18. The van der Waals surface area contributed by atoms with Crippen molar-refractivity contribution in [1.29, 1.82) is 0 Å². The number of hydrogen-bond donors (Lipinski definition) is 0. The predicted octanol–water partition coefficient (Wildman–Crippen LogP) is 3.64. The van der Waals surface area contributed by atoms with E-state index in [0.29, 0.717) is 0 Å². The summed E-state index contributed by atoms with van der Waals surface area (Å²) in [5.74, 6) is 0.136. The molecule has 0 radical (unpaired) electrons. The van der Waals surface area contributed by atoms with Gasteiger partial charge in [0.05, 0.1) is 5.52 Å². The van der Waals surface area contributed by atoms with E-state index in [0.717, 1.165) is 16.5 Å². The molecule has 0 atom stereocenters. The van der Waals surface area contributed by atoms with Crippen molar-refractivity contribution in [2.45, 2.75) is 27.7 Å². The van der Waals surface area contributed by atoms with Crippen LogP contribution in [0.15, 0.2) is 30.5 Å². The fourth-order valence-corrected chi connectivity index (χ4v) is 1.91.